The zero-order valence-electron chi connectivity index (χ0n) is 19.3. The van der Waals surface area contributed by atoms with Crippen LogP contribution in [0.4, 0.5) is 11.4 Å². The number of carbonyl (C=O) groups is 2. The van der Waals surface area contributed by atoms with Crippen LogP contribution in [0.2, 0.25) is 0 Å². The van der Waals surface area contributed by atoms with Crippen molar-refractivity contribution in [3.63, 3.8) is 0 Å². The highest BCUT2D eigenvalue weighted by Gasteiger charge is 2.27. The number of nitrogens with one attached hydrogen (secondary N) is 1. The van der Waals surface area contributed by atoms with E-state index >= 15 is 0 Å². The van der Waals surface area contributed by atoms with Crippen molar-refractivity contribution in [2.75, 3.05) is 25.0 Å². The molecule has 0 aliphatic carbocycles. The van der Waals surface area contributed by atoms with Crippen molar-refractivity contribution in [1.82, 2.24) is 4.90 Å². The SMILES string of the molecule is O=C(Nc1ccccc1)C1CCN(C(=O)COc2ccc([N+](=O)[O-])cc2Cc2ccccc2)CC1. The van der Waals surface area contributed by atoms with Crippen LogP contribution in [0, 0.1) is 16.0 Å². The number of likely N-dealkylation sites (tertiary alicyclic amines) is 1. The third kappa shape index (κ3) is 6.44. The van der Waals surface area contributed by atoms with Gasteiger partial charge in [0.15, 0.2) is 6.61 Å². The lowest BCUT2D eigenvalue weighted by atomic mass is 9.95. The van der Waals surface area contributed by atoms with E-state index in [-0.39, 0.29) is 30.0 Å². The second kappa shape index (κ2) is 11.3. The van der Waals surface area contributed by atoms with Crippen LogP contribution in [0.25, 0.3) is 0 Å². The largest absolute Gasteiger partial charge is 0.483 e. The Kier molecular flexibility index (Phi) is 7.72. The number of nitro groups is 1. The molecule has 3 aromatic rings. The van der Waals surface area contributed by atoms with E-state index in [0.717, 1.165) is 11.3 Å². The molecular formula is C27H27N3O5. The number of nitrogens with zero attached hydrogens (tertiary/aromatic N) is 2. The fourth-order valence-corrected chi connectivity index (χ4v) is 4.16. The summed E-state index contributed by atoms with van der Waals surface area (Å²) in [4.78, 5) is 37.8. The normalized spacial score (nSPS) is 13.8. The molecule has 1 fully saturated rings. The van der Waals surface area contributed by atoms with Crippen molar-refractivity contribution in [2.45, 2.75) is 19.3 Å². The molecule has 8 nitrogen and oxygen atoms in total. The van der Waals surface area contributed by atoms with Crippen LogP contribution in [0.15, 0.2) is 78.9 Å². The molecule has 0 aromatic heterocycles. The fourth-order valence-electron chi connectivity index (χ4n) is 4.16. The number of non-ortho nitro benzene ring substituents is 1. The lowest BCUT2D eigenvalue weighted by molar-refractivity contribution is -0.384. The van der Waals surface area contributed by atoms with Gasteiger partial charge in [0.2, 0.25) is 5.91 Å². The fraction of sp³-hybridized carbons (Fsp3) is 0.259. The smallest absolute Gasteiger partial charge is 0.269 e. The second-order valence-electron chi connectivity index (χ2n) is 8.51. The van der Waals surface area contributed by atoms with Crippen molar-refractivity contribution in [1.29, 1.82) is 0 Å². The molecule has 3 aromatic carbocycles. The predicted octanol–water partition coefficient (Wildman–Crippen LogP) is 4.44. The summed E-state index contributed by atoms with van der Waals surface area (Å²) in [5.41, 5.74) is 2.37. The molecule has 2 amide bonds. The van der Waals surface area contributed by atoms with E-state index in [0.29, 0.717) is 43.7 Å². The van der Waals surface area contributed by atoms with Crippen LogP contribution in [-0.2, 0) is 16.0 Å². The predicted molar refractivity (Wildman–Crippen MR) is 132 cm³/mol. The highest BCUT2D eigenvalue weighted by atomic mass is 16.6. The molecule has 4 rings (SSSR count). The lowest BCUT2D eigenvalue weighted by Gasteiger charge is -2.31. The van der Waals surface area contributed by atoms with Gasteiger partial charge in [-0.15, -0.1) is 0 Å². The number of benzene rings is 3. The third-order valence-electron chi connectivity index (χ3n) is 6.10. The minimum atomic E-state index is -0.443. The molecule has 0 saturated carbocycles. The number of nitro benzene ring substituents is 1. The molecule has 0 unspecified atom stereocenters. The molecule has 1 aliphatic rings. The maximum Gasteiger partial charge on any atom is 0.269 e. The Bertz CT molecular complexity index is 1180. The van der Waals surface area contributed by atoms with E-state index in [9.17, 15) is 19.7 Å². The van der Waals surface area contributed by atoms with Gasteiger partial charge in [-0.05, 0) is 36.6 Å². The summed E-state index contributed by atoms with van der Waals surface area (Å²) in [6.07, 6.45) is 1.62. The van der Waals surface area contributed by atoms with Crippen LogP contribution in [0.1, 0.15) is 24.0 Å². The van der Waals surface area contributed by atoms with E-state index < -0.39 is 4.92 Å². The number of amides is 2. The Morgan fingerprint density at radius 3 is 2.29 bits per heavy atom. The van der Waals surface area contributed by atoms with E-state index in [1.54, 1.807) is 11.0 Å². The highest BCUT2D eigenvalue weighted by Crippen LogP contribution is 2.27. The first-order chi connectivity index (χ1) is 17.0. The van der Waals surface area contributed by atoms with E-state index in [1.807, 2.05) is 60.7 Å². The highest BCUT2D eigenvalue weighted by molar-refractivity contribution is 5.92. The van der Waals surface area contributed by atoms with Gasteiger partial charge in [0.1, 0.15) is 5.75 Å². The molecule has 0 radical (unpaired) electrons. The number of ether oxygens (including phenoxy) is 1. The van der Waals surface area contributed by atoms with Crippen LogP contribution < -0.4 is 10.1 Å². The summed E-state index contributed by atoms with van der Waals surface area (Å²) in [7, 11) is 0. The number of rotatable bonds is 8. The molecule has 180 valence electrons. The number of hydrogen-bond acceptors (Lipinski definition) is 5. The van der Waals surface area contributed by atoms with Crippen LogP contribution in [0.3, 0.4) is 0 Å². The van der Waals surface area contributed by atoms with Gasteiger partial charge in [-0.3, -0.25) is 19.7 Å². The molecule has 8 heteroatoms. The Hall–Kier alpha value is -4.20. The second-order valence-corrected chi connectivity index (χ2v) is 8.51. The maximum absolute atomic E-state index is 12.8. The molecule has 1 N–H and O–H groups in total. The lowest BCUT2D eigenvalue weighted by Crippen LogP contribution is -2.43. The Balaban J connectivity index is 1.33. The number of anilines is 1. The summed E-state index contributed by atoms with van der Waals surface area (Å²) in [5.74, 6) is 0.101. The summed E-state index contributed by atoms with van der Waals surface area (Å²) < 4.78 is 5.82. The summed E-state index contributed by atoms with van der Waals surface area (Å²) >= 11 is 0. The van der Waals surface area contributed by atoms with Gasteiger partial charge in [0.05, 0.1) is 4.92 Å². The number of para-hydroxylation sites is 1. The monoisotopic (exact) mass is 473 g/mol. The summed E-state index contributed by atoms with van der Waals surface area (Å²) in [6, 6.07) is 23.3. The zero-order chi connectivity index (χ0) is 24.6. The average molecular weight is 474 g/mol. The van der Waals surface area contributed by atoms with Crippen molar-refractivity contribution in [3.05, 3.63) is 100 Å². The van der Waals surface area contributed by atoms with Gasteiger partial charge in [0.25, 0.3) is 11.6 Å². The minimum Gasteiger partial charge on any atom is -0.483 e. The van der Waals surface area contributed by atoms with Crippen LogP contribution in [-0.4, -0.2) is 41.3 Å². The van der Waals surface area contributed by atoms with Gasteiger partial charge >= 0.3 is 0 Å². The van der Waals surface area contributed by atoms with Gasteiger partial charge in [-0.25, -0.2) is 0 Å². The first-order valence-corrected chi connectivity index (χ1v) is 11.6. The maximum atomic E-state index is 12.8. The number of carbonyl (C=O) groups excluding carboxylic acids is 2. The van der Waals surface area contributed by atoms with Crippen molar-refractivity contribution in [2.24, 2.45) is 5.92 Å². The van der Waals surface area contributed by atoms with E-state index in [4.69, 9.17) is 4.74 Å². The molecule has 1 aliphatic heterocycles. The molecule has 0 atom stereocenters. The Morgan fingerprint density at radius 1 is 0.971 bits per heavy atom. The Morgan fingerprint density at radius 2 is 1.63 bits per heavy atom. The van der Waals surface area contributed by atoms with Gasteiger partial charge in [0, 0.05) is 48.8 Å². The van der Waals surface area contributed by atoms with Crippen molar-refractivity contribution >= 4 is 23.2 Å². The zero-order valence-corrected chi connectivity index (χ0v) is 19.3. The Labute approximate surface area is 203 Å². The number of piperidine rings is 1. The molecular weight excluding hydrogens is 446 g/mol. The minimum absolute atomic E-state index is 0.0227. The van der Waals surface area contributed by atoms with Crippen molar-refractivity contribution < 1.29 is 19.2 Å². The molecule has 35 heavy (non-hydrogen) atoms. The summed E-state index contributed by atoms with van der Waals surface area (Å²) in [5, 5.41) is 14.2. The number of hydrogen-bond donors (Lipinski definition) is 1. The molecule has 1 saturated heterocycles. The average Bonchev–Trinajstić information content (AvgIpc) is 2.89. The van der Waals surface area contributed by atoms with Gasteiger partial charge in [-0.1, -0.05) is 48.5 Å². The standard InChI is InChI=1S/C27H27N3O5/c31-26(29-15-13-21(14-16-29)27(32)28-23-9-5-2-6-10-23)19-35-25-12-11-24(30(33)34)18-22(25)17-20-7-3-1-4-8-20/h1-12,18,21H,13-17,19H2,(H,28,32). The van der Waals surface area contributed by atoms with E-state index in [2.05, 4.69) is 5.32 Å². The topological polar surface area (TPSA) is 102 Å². The summed E-state index contributed by atoms with van der Waals surface area (Å²) in [6.45, 7) is 0.791. The molecule has 1 heterocycles. The van der Waals surface area contributed by atoms with Crippen molar-refractivity contribution in [3.8, 4) is 5.75 Å². The third-order valence-corrected chi connectivity index (χ3v) is 6.10. The van der Waals surface area contributed by atoms with E-state index in [1.165, 1.54) is 12.1 Å². The molecule has 0 spiro atoms. The first-order valence-electron chi connectivity index (χ1n) is 11.6. The molecule has 0 bridgehead atoms. The van der Waals surface area contributed by atoms with Crippen LogP contribution in [0.5, 0.6) is 5.75 Å². The van der Waals surface area contributed by atoms with Gasteiger partial charge in [-0.2, -0.15) is 0 Å². The van der Waals surface area contributed by atoms with Crippen LogP contribution >= 0.6 is 0 Å². The quantitative estimate of drug-likeness (QED) is 0.385. The first kappa shape index (κ1) is 23.9. The van der Waals surface area contributed by atoms with Gasteiger partial charge < -0.3 is 15.0 Å².